The zero-order valence-electron chi connectivity index (χ0n) is 16.4. The summed E-state index contributed by atoms with van der Waals surface area (Å²) in [6.07, 6.45) is 7.05. The first-order chi connectivity index (χ1) is 12.5. The van der Waals surface area contributed by atoms with Gasteiger partial charge in [-0.2, -0.15) is 0 Å². The van der Waals surface area contributed by atoms with Gasteiger partial charge in [0, 0.05) is 25.3 Å². The van der Waals surface area contributed by atoms with Gasteiger partial charge in [0.2, 0.25) is 0 Å². The first-order valence-electron chi connectivity index (χ1n) is 9.45. The highest BCUT2D eigenvalue weighted by molar-refractivity contribution is 5.79. The first-order valence-corrected chi connectivity index (χ1v) is 9.45. The monoisotopic (exact) mass is 357 g/mol. The van der Waals surface area contributed by atoms with E-state index in [-0.39, 0.29) is 5.54 Å². The molecule has 3 rings (SSSR count). The fourth-order valence-corrected chi connectivity index (χ4v) is 4.00. The lowest BCUT2D eigenvalue weighted by Gasteiger charge is -2.45. The number of guanidine groups is 1. The van der Waals surface area contributed by atoms with Crippen LogP contribution in [0.15, 0.2) is 29.4 Å². The summed E-state index contributed by atoms with van der Waals surface area (Å²) in [5.74, 6) is 2.44. The van der Waals surface area contributed by atoms with Gasteiger partial charge in [-0.25, -0.2) is 0 Å². The molecular weight excluding hydrogens is 326 g/mol. The van der Waals surface area contributed by atoms with Crippen LogP contribution in [0.25, 0.3) is 5.65 Å². The molecule has 2 aromatic heterocycles. The molecule has 1 saturated carbocycles. The van der Waals surface area contributed by atoms with Crippen LogP contribution in [0.1, 0.15) is 38.4 Å². The van der Waals surface area contributed by atoms with Crippen molar-refractivity contribution in [1.82, 2.24) is 30.1 Å². The minimum Gasteiger partial charge on any atom is -0.355 e. The molecule has 1 aliphatic rings. The van der Waals surface area contributed by atoms with Gasteiger partial charge in [-0.05, 0) is 45.0 Å². The molecule has 0 bridgehead atoms. The van der Waals surface area contributed by atoms with E-state index in [1.54, 1.807) is 0 Å². The third-order valence-electron chi connectivity index (χ3n) is 5.62. The van der Waals surface area contributed by atoms with Crippen LogP contribution in [0.4, 0.5) is 0 Å². The van der Waals surface area contributed by atoms with E-state index >= 15 is 0 Å². The second-order valence-corrected chi connectivity index (χ2v) is 7.64. The number of rotatable bonds is 5. The van der Waals surface area contributed by atoms with Crippen molar-refractivity contribution in [2.24, 2.45) is 10.9 Å². The topological polar surface area (TPSA) is 69.8 Å². The number of aliphatic imine (C=N–C) groups is 1. The van der Waals surface area contributed by atoms with E-state index < -0.39 is 0 Å². The number of pyridine rings is 1. The van der Waals surface area contributed by atoms with Crippen LogP contribution >= 0.6 is 0 Å². The Labute approximate surface area is 155 Å². The van der Waals surface area contributed by atoms with E-state index in [1.807, 2.05) is 35.8 Å². The second kappa shape index (κ2) is 8.03. The molecule has 0 aromatic carbocycles. The number of hydrogen-bond acceptors (Lipinski definition) is 4. The first kappa shape index (κ1) is 18.6. The zero-order chi connectivity index (χ0) is 18.6. The van der Waals surface area contributed by atoms with E-state index in [4.69, 9.17) is 0 Å². The van der Waals surface area contributed by atoms with E-state index in [0.717, 1.165) is 29.9 Å². The van der Waals surface area contributed by atoms with Gasteiger partial charge in [-0.3, -0.25) is 9.39 Å². The Kier molecular flexibility index (Phi) is 5.76. The third kappa shape index (κ3) is 3.98. The highest BCUT2D eigenvalue weighted by atomic mass is 15.3. The molecular formula is C19H31N7. The van der Waals surface area contributed by atoms with Crippen molar-refractivity contribution in [2.45, 2.75) is 44.7 Å². The molecule has 7 nitrogen and oxygen atoms in total. The average molecular weight is 358 g/mol. The van der Waals surface area contributed by atoms with E-state index in [0.29, 0.717) is 6.54 Å². The maximum atomic E-state index is 4.38. The minimum absolute atomic E-state index is 0.191. The van der Waals surface area contributed by atoms with Gasteiger partial charge in [0.1, 0.15) is 0 Å². The van der Waals surface area contributed by atoms with Crippen LogP contribution in [0.2, 0.25) is 0 Å². The summed E-state index contributed by atoms with van der Waals surface area (Å²) in [6, 6.07) is 5.90. The Morgan fingerprint density at radius 3 is 2.92 bits per heavy atom. The fourth-order valence-electron chi connectivity index (χ4n) is 4.00. The normalized spacial score (nSPS) is 24.2. The molecule has 2 N–H and O–H groups in total. The fraction of sp³-hybridized carbons (Fsp3) is 0.632. The van der Waals surface area contributed by atoms with Gasteiger partial charge >= 0.3 is 0 Å². The summed E-state index contributed by atoms with van der Waals surface area (Å²) in [4.78, 5) is 6.76. The molecule has 0 aliphatic heterocycles. The van der Waals surface area contributed by atoms with Gasteiger partial charge in [0.05, 0.1) is 6.54 Å². The van der Waals surface area contributed by atoms with E-state index in [1.165, 1.54) is 25.7 Å². The van der Waals surface area contributed by atoms with Crippen molar-refractivity contribution >= 4 is 11.6 Å². The lowest BCUT2D eigenvalue weighted by Crippen LogP contribution is -2.56. The minimum atomic E-state index is 0.191. The lowest BCUT2D eigenvalue weighted by atomic mass is 9.75. The van der Waals surface area contributed by atoms with Gasteiger partial charge < -0.3 is 15.5 Å². The van der Waals surface area contributed by atoms with Crippen LogP contribution < -0.4 is 10.6 Å². The van der Waals surface area contributed by atoms with E-state index in [2.05, 4.69) is 51.7 Å². The smallest absolute Gasteiger partial charge is 0.191 e. The SMILES string of the molecule is CN=C(NCc1nnc2ccccn12)NCC1(N(C)C)CCCC(C)C1. The van der Waals surface area contributed by atoms with Crippen molar-refractivity contribution < 1.29 is 0 Å². The summed E-state index contributed by atoms with van der Waals surface area (Å²) >= 11 is 0. The predicted molar refractivity (Wildman–Crippen MR) is 105 cm³/mol. The average Bonchev–Trinajstić information content (AvgIpc) is 3.05. The largest absolute Gasteiger partial charge is 0.355 e. The predicted octanol–water partition coefficient (Wildman–Crippen LogP) is 1.90. The Bertz CT molecular complexity index is 751. The number of likely N-dealkylation sites (N-methyl/N-ethyl adjacent to an activating group) is 1. The molecule has 2 atom stereocenters. The number of nitrogens with one attached hydrogen (secondary N) is 2. The lowest BCUT2D eigenvalue weighted by molar-refractivity contribution is 0.0795. The number of nitrogens with zero attached hydrogens (tertiary/aromatic N) is 5. The van der Waals surface area contributed by atoms with Gasteiger partial charge in [-0.15, -0.1) is 10.2 Å². The standard InChI is InChI=1S/C19H31N7/c1-15-8-7-10-19(12-15,25(3)4)14-22-18(20-2)21-13-17-24-23-16-9-5-6-11-26(16)17/h5-6,9,11,15H,7-8,10,12-14H2,1-4H3,(H2,20,21,22). The highest BCUT2D eigenvalue weighted by Gasteiger charge is 2.36. The van der Waals surface area contributed by atoms with Gasteiger partial charge in [-0.1, -0.05) is 25.8 Å². The molecule has 0 radical (unpaired) electrons. The molecule has 1 aliphatic carbocycles. The third-order valence-corrected chi connectivity index (χ3v) is 5.62. The molecule has 0 saturated heterocycles. The quantitative estimate of drug-likeness (QED) is 0.632. The summed E-state index contributed by atoms with van der Waals surface area (Å²) in [5, 5.41) is 15.4. The maximum Gasteiger partial charge on any atom is 0.191 e. The summed E-state index contributed by atoms with van der Waals surface area (Å²) in [6.45, 7) is 3.84. The van der Waals surface area contributed by atoms with Crippen LogP contribution in [0.5, 0.6) is 0 Å². The Morgan fingerprint density at radius 1 is 1.35 bits per heavy atom. The maximum absolute atomic E-state index is 4.38. The molecule has 0 amide bonds. The number of fused-ring (bicyclic) bond motifs is 1. The molecule has 2 aromatic rings. The van der Waals surface area contributed by atoms with Crippen LogP contribution in [0.3, 0.4) is 0 Å². The number of aromatic nitrogens is 3. The Balaban J connectivity index is 1.61. The van der Waals surface area contributed by atoms with E-state index in [9.17, 15) is 0 Å². The van der Waals surface area contributed by atoms with Crippen LogP contribution in [-0.4, -0.2) is 58.7 Å². The molecule has 0 spiro atoms. The van der Waals surface area contributed by atoms with Gasteiger partial charge in [0.25, 0.3) is 0 Å². The van der Waals surface area contributed by atoms with Crippen molar-refractivity contribution in [2.75, 3.05) is 27.7 Å². The summed E-state index contributed by atoms with van der Waals surface area (Å²) < 4.78 is 1.99. The van der Waals surface area contributed by atoms with Crippen molar-refractivity contribution in [3.05, 3.63) is 30.2 Å². The van der Waals surface area contributed by atoms with Gasteiger partial charge in [0.15, 0.2) is 17.4 Å². The molecule has 2 heterocycles. The second-order valence-electron chi connectivity index (χ2n) is 7.64. The number of hydrogen-bond donors (Lipinski definition) is 2. The molecule has 2 unspecified atom stereocenters. The van der Waals surface area contributed by atoms with Crippen molar-refractivity contribution in [1.29, 1.82) is 0 Å². The zero-order valence-corrected chi connectivity index (χ0v) is 16.4. The molecule has 7 heteroatoms. The highest BCUT2D eigenvalue weighted by Crippen LogP contribution is 2.35. The van der Waals surface area contributed by atoms with Crippen LogP contribution in [-0.2, 0) is 6.54 Å². The molecule has 1 fully saturated rings. The van der Waals surface area contributed by atoms with Crippen LogP contribution in [0, 0.1) is 5.92 Å². The van der Waals surface area contributed by atoms with Crippen molar-refractivity contribution in [3.8, 4) is 0 Å². The van der Waals surface area contributed by atoms with Crippen molar-refractivity contribution in [3.63, 3.8) is 0 Å². The Morgan fingerprint density at radius 2 is 2.19 bits per heavy atom. The Hall–Kier alpha value is -2.15. The summed E-state index contributed by atoms with van der Waals surface area (Å²) in [5.41, 5.74) is 1.05. The summed E-state index contributed by atoms with van der Waals surface area (Å²) in [7, 11) is 6.19. The molecule has 142 valence electrons. The molecule has 26 heavy (non-hydrogen) atoms.